The van der Waals surface area contributed by atoms with Gasteiger partial charge >= 0.3 is 12.3 Å². The molecule has 14 heteroatoms. The average molecular weight is 589 g/mol. The largest absolute Gasteiger partial charge is 0.477 e. The van der Waals surface area contributed by atoms with Crippen LogP contribution < -0.4 is 14.5 Å². The van der Waals surface area contributed by atoms with Crippen LogP contribution in [0.2, 0.25) is 0 Å². The number of ether oxygens (including phenoxy) is 2. The maximum Gasteiger partial charge on any atom is 0.419 e. The van der Waals surface area contributed by atoms with Crippen LogP contribution in [0.3, 0.4) is 0 Å². The zero-order valence-electron chi connectivity index (χ0n) is 22.6. The number of nitriles is 1. The van der Waals surface area contributed by atoms with E-state index in [0.717, 1.165) is 23.6 Å². The monoisotopic (exact) mass is 588 g/mol. The summed E-state index contributed by atoms with van der Waals surface area (Å²) < 4.78 is 51.9. The Labute approximate surface area is 239 Å². The molecule has 4 heterocycles. The maximum absolute atomic E-state index is 13.6. The number of anilines is 2. The van der Waals surface area contributed by atoms with Gasteiger partial charge in [0.15, 0.2) is 10.8 Å². The Morgan fingerprint density at radius 2 is 1.85 bits per heavy atom. The zero-order valence-corrected chi connectivity index (χ0v) is 23.4. The van der Waals surface area contributed by atoms with E-state index in [2.05, 4.69) is 9.97 Å². The molecule has 1 aliphatic carbocycles. The van der Waals surface area contributed by atoms with Crippen LogP contribution in [0.5, 0.6) is 5.88 Å². The van der Waals surface area contributed by atoms with Crippen LogP contribution in [0, 0.1) is 17.2 Å². The van der Waals surface area contributed by atoms with E-state index in [1.165, 1.54) is 12.3 Å². The number of alkyl halides is 3. The van der Waals surface area contributed by atoms with Gasteiger partial charge in [-0.05, 0) is 64.4 Å². The molecule has 2 amide bonds. The van der Waals surface area contributed by atoms with Crippen molar-refractivity contribution in [3.05, 3.63) is 41.9 Å². The molecule has 0 bridgehead atoms. The summed E-state index contributed by atoms with van der Waals surface area (Å²) in [6.45, 7) is 6.79. The van der Waals surface area contributed by atoms with Crippen LogP contribution >= 0.6 is 12.2 Å². The van der Waals surface area contributed by atoms with E-state index in [0.29, 0.717) is 44.1 Å². The molecule has 0 radical (unpaired) electrons. The molecule has 2 aliphatic heterocycles. The van der Waals surface area contributed by atoms with E-state index in [-0.39, 0.29) is 22.8 Å². The summed E-state index contributed by atoms with van der Waals surface area (Å²) >= 11 is 5.61. The number of rotatable bonds is 5. The van der Waals surface area contributed by atoms with Gasteiger partial charge in [-0.15, -0.1) is 0 Å². The molecule has 2 saturated heterocycles. The second kappa shape index (κ2) is 10.1. The molecule has 3 aliphatic rings. The van der Waals surface area contributed by atoms with E-state index < -0.39 is 34.5 Å². The first-order chi connectivity index (χ1) is 19.2. The Balaban J connectivity index is 1.28. The number of hydrogen-bond donors (Lipinski definition) is 0. The van der Waals surface area contributed by atoms with Gasteiger partial charge in [0, 0.05) is 25.1 Å². The van der Waals surface area contributed by atoms with Crippen LogP contribution in [0.1, 0.15) is 51.3 Å². The third kappa shape index (κ3) is 5.26. The molecule has 0 unspecified atom stereocenters. The number of aromatic nitrogens is 2. The predicted molar refractivity (Wildman–Crippen MR) is 144 cm³/mol. The van der Waals surface area contributed by atoms with Crippen molar-refractivity contribution in [2.45, 2.75) is 57.3 Å². The van der Waals surface area contributed by atoms with Crippen molar-refractivity contribution in [2.75, 3.05) is 29.5 Å². The zero-order chi connectivity index (χ0) is 29.7. The lowest BCUT2D eigenvalue weighted by Crippen LogP contribution is -2.55. The number of carbonyl (C=O) groups excluding carboxylic acids is 2. The van der Waals surface area contributed by atoms with Crippen molar-refractivity contribution in [3.8, 4) is 11.9 Å². The summed E-state index contributed by atoms with van der Waals surface area (Å²) in [5.74, 6) is 0.0157. The highest BCUT2D eigenvalue weighted by atomic mass is 32.1. The summed E-state index contributed by atoms with van der Waals surface area (Å²) in [5.41, 5.74) is -3.28. The third-order valence-corrected chi connectivity index (χ3v) is 7.56. The number of amides is 2. The van der Waals surface area contributed by atoms with Gasteiger partial charge in [-0.3, -0.25) is 9.69 Å². The first-order valence-electron chi connectivity index (χ1n) is 13.0. The van der Waals surface area contributed by atoms with Crippen LogP contribution in [-0.4, -0.2) is 62.8 Å². The van der Waals surface area contributed by atoms with E-state index in [1.54, 1.807) is 21.9 Å². The molecule has 2 aromatic heterocycles. The van der Waals surface area contributed by atoms with Crippen LogP contribution in [0.25, 0.3) is 0 Å². The van der Waals surface area contributed by atoms with Crippen molar-refractivity contribution in [1.82, 2.24) is 14.9 Å². The van der Waals surface area contributed by atoms with Crippen molar-refractivity contribution >= 4 is 40.7 Å². The fourth-order valence-corrected chi connectivity index (χ4v) is 5.50. The van der Waals surface area contributed by atoms with E-state index in [4.69, 9.17) is 27.0 Å². The van der Waals surface area contributed by atoms with Gasteiger partial charge in [0.25, 0.3) is 5.91 Å². The number of nitrogens with zero attached hydrogens (tertiary/aromatic N) is 6. The molecule has 10 nitrogen and oxygen atoms in total. The van der Waals surface area contributed by atoms with Gasteiger partial charge in [-0.25, -0.2) is 14.8 Å². The van der Waals surface area contributed by atoms with Crippen molar-refractivity contribution in [1.29, 1.82) is 5.26 Å². The normalized spacial score (nSPS) is 18.7. The molecule has 0 atom stereocenters. The summed E-state index contributed by atoms with van der Waals surface area (Å²) in [6.07, 6.45) is -0.970. The number of carbonyl (C=O) groups is 2. The van der Waals surface area contributed by atoms with Gasteiger partial charge in [0.2, 0.25) is 5.88 Å². The Bertz CT molecular complexity index is 1430. The lowest BCUT2D eigenvalue weighted by Gasteiger charge is -2.42. The molecule has 1 saturated carbocycles. The minimum Gasteiger partial charge on any atom is -0.477 e. The van der Waals surface area contributed by atoms with Crippen molar-refractivity contribution < 1.29 is 32.2 Å². The van der Waals surface area contributed by atoms with Crippen LogP contribution in [-0.2, 0) is 15.7 Å². The first kappa shape index (κ1) is 28.5. The topological polar surface area (TPSA) is 112 Å². The predicted octanol–water partition coefficient (Wildman–Crippen LogP) is 4.67. The van der Waals surface area contributed by atoms with Crippen molar-refractivity contribution in [3.63, 3.8) is 0 Å². The van der Waals surface area contributed by atoms with E-state index >= 15 is 0 Å². The van der Waals surface area contributed by atoms with Crippen LogP contribution in [0.4, 0.5) is 29.3 Å². The summed E-state index contributed by atoms with van der Waals surface area (Å²) in [7, 11) is 0. The number of thiocarbonyl (C=S) groups is 1. The maximum atomic E-state index is 13.6. The molecule has 0 N–H and O–H groups in total. The molecular weight excluding hydrogens is 561 g/mol. The van der Waals surface area contributed by atoms with Gasteiger partial charge in [0.05, 0.1) is 35.9 Å². The van der Waals surface area contributed by atoms with Gasteiger partial charge < -0.3 is 19.3 Å². The molecule has 0 aromatic carbocycles. The van der Waals surface area contributed by atoms with Gasteiger partial charge in [-0.2, -0.15) is 18.4 Å². The van der Waals surface area contributed by atoms with Crippen molar-refractivity contribution in [2.24, 2.45) is 5.92 Å². The first-order valence-corrected chi connectivity index (χ1v) is 13.4. The number of halogens is 3. The van der Waals surface area contributed by atoms with Crippen LogP contribution in [0.15, 0.2) is 30.6 Å². The number of pyridine rings is 2. The average Bonchev–Trinajstić information content (AvgIpc) is 3.08. The smallest absolute Gasteiger partial charge is 0.419 e. The minimum atomic E-state index is -4.83. The second-order valence-corrected chi connectivity index (χ2v) is 11.6. The second-order valence-electron chi connectivity index (χ2n) is 11.3. The van der Waals surface area contributed by atoms with Gasteiger partial charge in [0.1, 0.15) is 17.2 Å². The Hall–Kier alpha value is -3.99. The Morgan fingerprint density at radius 1 is 1.17 bits per heavy atom. The SMILES string of the molecule is CC(C)(C)OC(=O)N1CC(COc2ccc(N3C(=S)N(c4cnc(C#N)c(C(F)(F)F)c4)C(=O)C34CCC4)cn2)C1. The molecule has 1 spiro atoms. The summed E-state index contributed by atoms with van der Waals surface area (Å²) in [5, 5.41) is 9.08. The molecule has 41 heavy (non-hydrogen) atoms. The highest BCUT2D eigenvalue weighted by Gasteiger charge is 2.60. The van der Waals surface area contributed by atoms with E-state index in [1.807, 2.05) is 20.8 Å². The third-order valence-electron chi connectivity index (χ3n) is 7.19. The number of likely N-dealkylation sites (tertiary alicyclic amines) is 1. The minimum absolute atomic E-state index is 0.00139. The quantitative estimate of drug-likeness (QED) is 0.460. The molecule has 2 aromatic rings. The molecule has 5 rings (SSSR count). The standard InChI is InChI=1S/C27H27F3N6O4S/c1-25(2,3)40-24(38)34-13-16(14-34)15-39-21-6-5-17(11-33-21)36-23(41)35(22(37)26(36)7-4-8-26)18-9-19(27(28,29)30)20(10-31)32-12-18/h5-6,9,11-12,16H,4,7-8,13-15H2,1-3H3. The molecule has 216 valence electrons. The Morgan fingerprint density at radius 3 is 2.39 bits per heavy atom. The summed E-state index contributed by atoms with van der Waals surface area (Å²) in [6, 6.07) is 5.49. The highest BCUT2D eigenvalue weighted by Crippen LogP contribution is 2.48. The highest BCUT2D eigenvalue weighted by molar-refractivity contribution is 7.81. The lowest BCUT2D eigenvalue weighted by atomic mass is 9.75. The fourth-order valence-electron chi connectivity index (χ4n) is 5.03. The van der Waals surface area contributed by atoms with E-state index in [9.17, 15) is 22.8 Å². The Kier molecular flexibility index (Phi) is 7.05. The fraction of sp³-hybridized carbons (Fsp3) is 0.481. The molecule has 3 fully saturated rings. The lowest BCUT2D eigenvalue weighted by molar-refractivity contribution is -0.138. The number of hydrogen-bond acceptors (Lipinski definition) is 8. The van der Waals surface area contributed by atoms with Gasteiger partial charge in [-0.1, -0.05) is 0 Å². The molecular formula is C27H27F3N6O4S. The summed E-state index contributed by atoms with van der Waals surface area (Å²) in [4.78, 5) is 38.0.